The third kappa shape index (κ3) is 3.84. The molecule has 0 saturated heterocycles. The Hall–Kier alpha value is -0.910. The van der Waals surface area contributed by atoms with Gasteiger partial charge in [0, 0.05) is 12.6 Å². The van der Waals surface area contributed by atoms with Crippen LogP contribution in [0, 0.1) is 12.8 Å². The molecule has 3 N–H and O–H groups in total. The van der Waals surface area contributed by atoms with Crippen molar-refractivity contribution in [3.05, 3.63) is 29.3 Å². The van der Waals surface area contributed by atoms with Crippen molar-refractivity contribution in [1.29, 1.82) is 0 Å². The van der Waals surface area contributed by atoms with E-state index in [1.54, 1.807) is 12.1 Å². The Bertz CT molecular complexity index is 584. The molecule has 2 atom stereocenters. The van der Waals surface area contributed by atoms with Gasteiger partial charge < -0.3 is 5.73 Å². The van der Waals surface area contributed by atoms with E-state index in [0.29, 0.717) is 17.4 Å². The van der Waals surface area contributed by atoms with E-state index in [0.717, 1.165) is 30.4 Å². The minimum atomic E-state index is -3.48. The zero-order valence-electron chi connectivity index (χ0n) is 12.9. The number of nitrogens with two attached hydrogens (primary N) is 1. The van der Waals surface area contributed by atoms with Gasteiger partial charge in [-0.05, 0) is 42.9 Å². The number of sulfonamides is 1. The highest BCUT2D eigenvalue weighted by atomic mass is 32.2. The molecule has 1 aromatic rings. The first kappa shape index (κ1) is 16.5. The van der Waals surface area contributed by atoms with Gasteiger partial charge in [0.1, 0.15) is 0 Å². The zero-order valence-corrected chi connectivity index (χ0v) is 13.7. The molecule has 5 heteroatoms. The zero-order chi connectivity index (χ0) is 15.5. The first-order chi connectivity index (χ1) is 9.95. The summed E-state index contributed by atoms with van der Waals surface area (Å²) < 4.78 is 28.3. The second-order valence-electron chi connectivity index (χ2n) is 6.09. The Labute approximate surface area is 128 Å². The molecule has 0 heterocycles. The first-order valence-electron chi connectivity index (χ1n) is 7.76. The number of rotatable bonds is 4. The fraction of sp³-hybridized carbons (Fsp3) is 0.625. The summed E-state index contributed by atoms with van der Waals surface area (Å²) in [6.07, 6.45) is 5.51. The smallest absolute Gasteiger partial charge is 0.241 e. The largest absolute Gasteiger partial charge is 0.326 e. The molecule has 118 valence electrons. The molecule has 1 aliphatic rings. The SMILES string of the molecule is Cc1c(CN)cccc1S(=O)(=O)NC1CCCCCC1C. The van der Waals surface area contributed by atoms with E-state index in [9.17, 15) is 8.42 Å². The summed E-state index contributed by atoms with van der Waals surface area (Å²) in [5, 5.41) is 0. The van der Waals surface area contributed by atoms with Gasteiger partial charge in [0.15, 0.2) is 0 Å². The molecule has 21 heavy (non-hydrogen) atoms. The molecule has 0 aromatic heterocycles. The van der Waals surface area contributed by atoms with Gasteiger partial charge in [-0.3, -0.25) is 0 Å². The molecule has 1 saturated carbocycles. The summed E-state index contributed by atoms with van der Waals surface area (Å²) in [6.45, 7) is 4.32. The van der Waals surface area contributed by atoms with Crippen LogP contribution < -0.4 is 10.5 Å². The van der Waals surface area contributed by atoms with Crippen LogP contribution in [0.3, 0.4) is 0 Å². The fourth-order valence-corrected chi connectivity index (χ4v) is 4.77. The van der Waals surface area contributed by atoms with Crippen LogP contribution in [-0.2, 0) is 16.6 Å². The third-order valence-electron chi connectivity index (χ3n) is 4.57. The van der Waals surface area contributed by atoms with E-state index in [1.165, 1.54) is 12.8 Å². The van der Waals surface area contributed by atoms with Crippen LogP contribution in [0.1, 0.15) is 50.2 Å². The van der Waals surface area contributed by atoms with E-state index in [-0.39, 0.29) is 6.04 Å². The van der Waals surface area contributed by atoms with E-state index < -0.39 is 10.0 Å². The number of benzene rings is 1. The number of nitrogens with one attached hydrogen (secondary N) is 1. The Morgan fingerprint density at radius 3 is 2.67 bits per heavy atom. The molecule has 4 nitrogen and oxygen atoms in total. The highest BCUT2D eigenvalue weighted by molar-refractivity contribution is 7.89. The van der Waals surface area contributed by atoms with Crippen molar-refractivity contribution in [2.75, 3.05) is 0 Å². The quantitative estimate of drug-likeness (QED) is 0.840. The molecule has 0 bridgehead atoms. The van der Waals surface area contributed by atoms with E-state index in [2.05, 4.69) is 11.6 Å². The van der Waals surface area contributed by atoms with Gasteiger partial charge in [0.05, 0.1) is 4.90 Å². The highest BCUT2D eigenvalue weighted by Crippen LogP contribution is 2.25. The van der Waals surface area contributed by atoms with Gasteiger partial charge >= 0.3 is 0 Å². The van der Waals surface area contributed by atoms with Crippen molar-refractivity contribution in [2.45, 2.75) is 63.4 Å². The van der Waals surface area contributed by atoms with Crippen LogP contribution in [0.25, 0.3) is 0 Å². The summed E-state index contributed by atoms with van der Waals surface area (Å²) in [4.78, 5) is 0.363. The molecule has 0 spiro atoms. The molecular formula is C16H26N2O2S. The molecule has 0 aliphatic heterocycles. The van der Waals surface area contributed by atoms with Crippen molar-refractivity contribution < 1.29 is 8.42 Å². The predicted octanol–water partition coefficient (Wildman–Crippen LogP) is 2.70. The summed E-state index contributed by atoms with van der Waals surface area (Å²) in [5.41, 5.74) is 7.31. The van der Waals surface area contributed by atoms with Crippen LogP contribution in [0.2, 0.25) is 0 Å². The lowest BCUT2D eigenvalue weighted by Crippen LogP contribution is -2.39. The fourth-order valence-electron chi connectivity index (χ4n) is 3.10. The van der Waals surface area contributed by atoms with Crippen molar-refractivity contribution in [3.8, 4) is 0 Å². The van der Waals surface area contributed by atoms with Gasteiger partial charge in [-0.15, -0.1) is 0 Å². The van der Waals surface area contributed by atoms with Crippen molar-refractivity contribution in [3.63, 3.8) is 0 Å². The Balaban J connectivity index is 2.25. The van der Waals surface area contributed by atoms with Gasteiger partial charge in [-0.1, -0.05) is 38.3 Å². The minimum absolute atomic E-state index is 0.0402. The summed E-state index contributed by atoms with van der Waals surface area (Å²) in [6, 6.07) is 5.35. The van der Waals surface area contributed by atoms with Crippen LogP contribution in [-0.4, -0.2) is 14.5 Å². The van der Waals surface area contributed by atoms with E-state index >= 15 is 0 Å². The Morgan fingerprint density at radius 2 is 1.95 bits per heavy atom. The van der Waals surface area contributed by atoms with E-state index in [4.69, 9.17) is 5.73 Å². The van der Waals surface area contributed by atoms with Crippen LogP contribution >= 0.6 is 0 Å². The van der Waals surface area contributed by atoms with Crippen LogP contribution in [0.5, 0.6) is 0 Å². The molecule has 1 aromatic carbocycles. The first-order valence-corrected chi connectivity index (χ1v) is 9.25. The van der Waals surface area contributed by atoms with Crippen molar-refractivity contribution >= 4 is 10.0 Å². The lowest BCUT2D eigenvalue weighted by Gasteiger charge is -2.23. The Morgan fingerprint density at radius 1 is 1.24 bits per heavy atom. The summed E-state index contributed by atoms with van der Waals surface area (Å²) in [5.74, 6) is 0.389. The lowest BCUT2D eigenvalue weighted by atomic mass is 9.98. The molecule has 2 unspecified atom stereocenters. The molecule has 0 radical (unpaired) electrons. The van der Waals surface area contributed by atoms with Crippen molar-refractivity contribution in [1.82, 2.24) is 4.72 Å². The molecule has 2 rings (SSSR count). The lowest BCUT2D eigenvalue weighted by molar-refractivity contribution is 0.399. The maximum Gasteiger partial charge on any atom is 0.241 e. The minimum Gasteiger partial charge on any atom is -0.326 e. The normalized spacial score (nSPS) is 23.8. The Kier molecular flexibility index (Phi) is 5.41. The summed E-state index contributed by atoms with van der Waals surface area (Å²) >= 11 is 0. The maximum absolute atomic E-state index is 12.7. The van der Waals surface area contributed by atoms with Gasteiger partial charge in [-0.2, -0.15) is 0 Å². The van der Waals surface area contributed by atoms with Gasteiger partial charge in [-0.25, -0.2) is 13.1 Å². The molecule has 1 fully saturated rings. The topological polar surface area (TPSA) is 72.2 Å². The number of hydrogen-bond donors (Lipinski definition) is 2. The second kappa shape index (κ2) is 6.90. The average molecular weight is 310 g/mol. The maximum atomic E-state index is 12.7. The molecular weight excluding hydrogens is 284 g/mol. The second-order valence-corrected chi connectivity index (χ2v) is 7.77. The van der Waals surface area contributed by atoms with E-state index in [1.807, 2.05) is 13.0 Å². The monoisotopic (exact) mass is 310 g/mol. The van der Waals surface area contributed by atoms with Crippen LogP contribution in [0.15, 0.2) is 23.1 Å². The molecule has 1 aliphatic carbocycles. The highest BCUT2D eigenvalue weighted by Gasteiger charge is 2.27. The predicted molar refractivity (Wildman–Crippen MR) is 85.4 cm³/mol. The third-order valence-corrected chi connectivity index (χ3v) is 6.21. The van der Waals surface area contributed by atoms with Crippen LogP contribution in [0.4, 0.5) is 0 Å². The standard InChI is InChI=1S/C16H26N2O2S/c1-12-7-4-3-5-9-15(12)18-21(19,20)16-10-6-8-14(11-17)13(16)2/h6,8,10,12,15,18H,3-5,7,9,11,17H2,1-2H3. The average Bonchev–Trinajstić information content (AvgIpc) is 2.64. The van der Waals surface area contributed by atoms with Gasteiger partial charge in [0.2, 0.25) is 10.0 Å². The molecule has 0 amide bonds. The summed E-state index contributed by atoms with van der Waals surface area (Å²) in [7, 11) is -3.48. The van der Waals surface area contributed by atoms with Crippen molar-refractivity contribution in [2.24, 2.45) is 11.7 Å². The number of hydrogen-bond acceptors (Lipinski definition) is 3. The van der Waals surface area contributed by atoms with Gasteiger partial charge in [0.25, 0.3) is 0 Å².